The summed E-state index contributed by atoms with van der Waals surface area (Å²) in [6, 6.07) is 14.1. The van der Waals surface area contributed by atoms with E-state index >= 15 is 0 Å². The van der Waals surface area contributed by atoms with Gasteiger partial charge in [0.1, 0.15) is 10.7 Å². The predicted octanol–water partition coefficient (Wildman–Crippen LogP) is 4.40. The minimum absolute atomic E-state index is 0.148. The second kappa shape index (κ2) is 8.75. The highest BCUT2D eigenvalue weighted by atomic mass is 32.2. The number of nitrogens with zero attached hydrogens (tertiary/aromatic N) is 2. The molecule has 3 aromatic rings. The molecule has 1 aromatic heterocycles. The topological polar surface area (TPSA) is 42.3 Å². The summed E-state index contributed by atoms with van der Waals surface area (Å²) in [6.45, 7) is 2.58. The molecule has 0 atom stereocenters. The lowest BCUT2D eigenvalue weighted by atomic mass is 10.2. The molecule has 0 saturated carbocycles. The molecule has 0 aliphatic rings. The summed E-state index contributed by atoms with van der Waals surface area (Å²) in [5.74, 6) is -0.519. The Bertz CT molecular complexity index is 1020. The van der Waals surface area contributed by atoms with Crippen LogP contribution in [0.1, 0.15) is 26.5 Å². The number of carbonyl (C=O) groups excluding carboxylic acids is 1. The van der Waals surface area contributed by atoms with Gasteiger partial charge >= 0.3 is 4.87 Å². The van der Waals surface area contributed by atoms with Crippen molar-refractivity contribution in [3.63, 3.8) is 0 Å². The van der Waals surface area contributed by atoms with Crippen LogP contribution in [0.5, 0.6) is 0 Å². The van der Waals surface area contributed by atoms with Gasteiger partial charge in [0.2, 0.25) is 0 Å². The number of halogens is 1. The van der Waals surface area contributed by atoms with Crippen molar-refractivity contribution in [3.05, 3.63) is 85.7 Å². The Morgan fingerprint density at radius 1 is 1.11 bits per heavy atom. The molecule has 2 aromatic carbocycles. The van der Waals surface area contributed by atoms with Crippen LogP contribution in [-0.2, 0) is 13.1 Å². The molecule has 28 heavy (non-hydrogen) atoms. The van der Waals surface area contributed by atoms with E-state index in [1.807, 2.05) is 30.5 Å². The van der Waals surface area contributed by atoms with Crippen LogP contribution in [0, 0.1) is 12.7 Å². The average molecular weight is 417 g/mol. The number of thiazole rings is 1. The van der Waals surface area contributed by atoms with Crippen LogP contribution in [-0.4, -0.2) is 28.7 Å². The van der Waals surface area contributed by atoms with E-state index in [1.54, 1.807) is 47.3 Å². The van der Waals surface area contributed by atoms with Crippen molar-refractivity contribution in [2.75, 3.05) is 13.3 Å². The van der Waals surface area contributed by atoms with Crippen LogP contribution in [0.4, 0.5) is 4.39 Å². The van der Waals surface area contributed by atoms with E-state index in [0.29, 0.717) is 23.7 Å². The van der Waals surface area contributed by atoms with E-state index in [4.69, 9.17) is 0 Å². The van der Waals surface area contributed by atoms with Crippen LogP contribution >= 0.6 is 23.1 Å². The van der Waals surface area contributed by atoms with Gasteiger partial charge < -0.3 is 4.90 Å². The number of benzene rings is 2. The van der Waals surface area contributed by atoms with Gasteiger partial charge in [-0.05, 0) is 48.6 Å². The predicted molar refractivity (Wildman–Crippen MR) is 113 cm³/mol. The van der Waals surface area contributed by atoms with Gasteiger partial charge in [0.05, 0.1) is 6.54 Å². The fraction of sp³-hybridized carbons (Fsp3) is 0.238. The molecule has 1 amide bonds. The zero-order valence-corrected chi connectivity index (χ0v) is 17.6. The molecule has 3 rings (SSSR count). The Morgan fingerprint density at radius 3 is 2.32 bits per heavy atom. The highest BCUT2D eigenvalue weighted by Gasteiger charge is 2.21. The molecule has 0 fully saturated rings. The maximum atomic E-state index is 13.1. The summed E-state index contributed by atoms with van der Waals surface area (Å²) in [5.41, 5.74) is 2.51. The minimum atomic E-state index is -0.311. The third kappa shape index (κ3) is 4.54. The van der Waals surface area contributed by atoms with E-state index < -0.39 is 0 Å². The molecule has 146 valence electrons. The summed E-state index contributed by atoms with van der Waals surface area (Å²) in [4.78, 5) is 28.3. The van der Waals surface area contributed by atoms with Crippen LogP contribution in [0.25, 0.3) is 0 Å². The van der Waals surface area contributed by atoms with Crippen molar-refractivity contribution in [2.45, 2.75) is 24.9 Å². The van der Waals surface area contributed by atoms with Gasteiger partial charge in [-0.15, -0.1) is 11.8 Å². The average Bonchev–Trinajstić information content (AvgIpc) is 2.98. The number of rotatable bonds is 6. The van der Waals surface area contributed by atoms with Gasteiger partial charge in [-0.1, -0.05) is 35.6 Å². The number of amides is 1. The normalized spacial score (nSPS) is 10.9. The smallest absolute Gasteiger partial charge is 0.308 e. The van der Waals surface area contributed by atoms with E-state index in [-0.39, 0.29) is 16.6 Å². The molecule has 0 radical (unpaired) electrons. The van der Waals surface area contributed by atoms with E-state index in [0.717, 1.165) is 27.4 Å². The van der Waals surface area contributed by atoms with Crippen molar-refractivity contribution >= 4 is 29.0 Å². The van der Waals surface area contributed by atoms with Crippen molar-refractivity contribution in [1.82, 2.24) is 9.47 Å². The van der Waals surface area contributed by atoms with Gasteiger partial charge in [0.25, 0.3) is 5.91 Å². The first-order valence-corrected chi connectivity index (χ1v) is 10.8. The first-order valence-electron chi connectivity index (χ1n) is 8.72. The number of hydrogen-bond donors (Lipinski definition) is 0. The SMILES string of the molecule is CSc1ccc(Cn2c(C)c(C(=O)N(C)Cc3ccc(F)cc3)sc2=O)cc1. The molecule has 0 N–H and O–H groups in total. The molecule has 7 heteroatoms. The molecule has 0 bridgehead atoms. The van der Waals surface area contributed by atoms with Crippen LogP contribution in [0.3, 0.4) is 0 Å². The molecule has 0 saturated heterocycles. The second-order valence-electron chi connectivity index (χ2n) is 6.50. The molecule has 0 aliphatic heterocycles. The lowest BCUT2D eigenvalue weighted by Crippen LogP contribution is -2.26. The Morgan fingerprint density at radius 2 is 1.71 bits per heavy atom. The highest BCUT2D eigenvalue weighted by Crippen LogP contribution is 2.19. The van der Waals surface area contributed by atoms with Gasteiger partial charge in [-0.3, -0.25) is 14.2 Å². The van der Waals surface area contributed by atoms with Crippen molar-refractivity contribution in [1.29, 1.82) is 0 Å². The lowest BCUT2D eigenvalue weighted by molar-refractivity contribution is 0.0788. The van der Waals surface area contributed by atoms with Gasteiger partial charge in [-0.25, -0.2) is 4.39 Å². The minimum Gasteiger partial charge on any atom is -0.337 e. The lowest BCUT2D eigenvalue weighted by Gasteiger charge is -2.17. The van der Waals surface area contributed by atoms with Gasteiger partial charge in [-0.2, -0.15) is 0 Å². The number of carbonyl (C=O) groups is 1. The third-order valence-electron chi connectivity index (χ3n) is 4.52. The van der Waals surface area contributed by atoms with Crippen molar-refractivity contribution in [3.8, 4) is 0 Å². The first-order chi connectivity index (χ1) is 13.4. The van der Waals surface area contributed by atoms with Gasteiger partial charge in [0.15, 0.2) is 0 Å². The van der Waals surface area contributed by atoms with Crippen LogP contribution < -0.4 is 4.87 Å². The number of thioether (sulfide) groups is 1. The van der Waals surface area contributed by atoms with E-state index in [2.05, 4.69) is 0 Å². The summed E-state index contributed by atoms with van der Waals surface area (Å²) in [6.07, 6.45) is 2.02. The standard InChI is InChI=1S/C21H21FN2O2S2/c1-14-19(20(25)23(2)12-15-4-8-17(22)9-5-15)28-21(26)24(14)13-16-6-10-18(27-3)11-7-16/h4-11H,12-13H2,1-3H3. The maximum absolute atomic E-state index is 13.1. The summed E-state index contributed by atoms with van der Waals surface area (Å²) < 4.78 is 14.7. The largest absolute Gasteiger partial charge is 0.337 e. The maximum Gasteiger partial charge on any atom is 0.308 e. The summed E-state index contributed by atoms with van der Waals surface area (Å²) in [7, 11) is 1.68. The van der Waals surface area contributed by atoms with Crippen LogP contribution in [0.15, 0.2) is 58.2 Å². The monoisotopic (exact) mass is 416 g/mol. The Labute approximate surface area is 171 Å². The quantitative estimate of drug-likeness (QED) is 0.560. The summed E-state index contributed by atoms with van der Waals surface area (Å²) in [5, 5.41) is 0. The highest BCUT2D eigenvalue weighted by molar-refractivity contribution is 7.98. The Hall–Kier alpha value is -2.38. The molecular weight excluding hydrogens is 395 g/mol. The fourth-order valence-corrected chi connectivity index (χ4v) is 4.28. The Kier molecular flexibility index (Phi) is 6.36. The molecule has 0 spiro atoms. The van der Waals surface area contributed by atoms with Crippen LogP contribution in [0.2, 0.25) is 0 Å². The molecular formula is C21H21FN2O2S2. The van der Waals surface area contributed by atoms with Crippen molar-refractivity contribution < 1.29 is 9.18 Å². The molecule has 0 aliphatic carbocycles. The zero-order chi connectivity index (χ0) is 20.3. The molecule has 1 heterocycles. The zero-order valence-electron chi connectivity index (χ0n) is 15.9. The number of hydrogen-bond acceptors (Lipinski definition) is 4. The molecule has 4 nitrogen and oxygen atoms in total. The van der Waals surface area contributed by atoms with E-state index in [1.165, 1.54) is 12.1 Å². The third-order valence-corrected chi connectivity index (χ3v) is 6.33. The fourth-order valence-electron chi connectivity index (χ4n) is 2.88. The van der Waals surface area contributed by atoms with Gasteiger partial charge in [0, 0.05) is 24.2 Å². The summed E-state index contributed by atoms with van der Waals surface area (Å²) >= 11 is 2.63. The first kappa shape index (κ1) is 20.4. The second-order valence-corrected chi connectivity index (χ2v) is 8.35. The number of aromatic nitrogens is 1. The molecule has 0 unspecified atom stereocenters. The Balaban J connectivity index is 1.78. The van der Waals surface area contributed by atoms with Crippen molar-refractivity contribution in [2.24, 2.45) is 0 Å². The van der Waals surface area contributed by atoms with E-state index in [9.17, 15) is 14.0 Å².